The molecule has 2 aromatic carbocycles. The fourth-order valence-electron chi connectivity index (χ4n) is 4.26. The predicted octanol–water partition coefficient (Wildman–Crippen LogP) is 3.90. The van der Waals surface area contributed by atoms with Crippen LogP contribution in [0.25, 0.3) is 0 Å². The van der Waals surface area contributed by atoms with Crippen molar-refractivity contribution < 1.29 is 9.13 Å². The fraction of sp³-hybridized carbons (Fsp3) is 0.458. The number of aromatic nitrogens is 4. The zero-order chi connectivity index (χ0) is 22.7. The first-order valence-electron chi connectivity index (χ1n) is 11.0. The lowest BCUT2D eigenvalue weighted by molar-refractivity contribution is 0.0974. The summed E-state index contributed by atoms with van der Waals surface area (Å²) in [7, 11) is 1.71. The summed E-state index contributed by atoms with van der Waals surface area (Å²) in [6.45, 7) is 10.6. The Bertz CT molecular complexity index is 1030. The molecular weight excluding hydrogens is 443 g/mol. The second kappa shape index (κ2) is 10.6. The van der Waals surface area contributed by atoms with Crippen LogP contribution in [0, 0.1) is 5.82 Å². The number of ether oxygens (including phenoxy) is 1. The summed E-state index contributed by atoms with van der Waals surface area (Å²) in [6.07, 6.45) is 0. The van der Waals surface area contributed by atoms with E-state index in [1.165, 1.54) is 17.7 Å². The van der Waals surface area contributed by atoms with Crippen molar-refractivity contribution in [3.05, 3.63) is 71.3 Å². The van der Waals surface area contributed by atoms with Crippen LogP contribution in [0.1, 0.15) is 43.8 Å². The number of methoxy groups -OCH3 is 1. The lowest BCUT2D eigenvalue weighted by Gasteiger charge is -2.39. The van der Waals surface area contributed by atoms with E-state index in [1.54, 1.807) is 7.11 Å². The van der Waals surface area contributed by atoms with E-state index in [9.17, 15) is 4.39 Å². The van der Waals surface area contributed by atoms with Crippen LogP contribution >= 0.6 is 12.4 Å². The van der Waals surface area contributed by atoms with Gasteiger partial charge in [0.1, 0.15) is 11.6 Å². The lowest BCUT2D eigenvalue weighted by atomic mass is 10.0. The molecule has 1 atom stereocenters. The summed E-state index contributed by atoms with van der Waals surface area (Å²) < 4.78 is 21.0. The Balaban J connectivity index is 0.00000306. The number of rotatable bonds is 6. The predicted molar refractivity (Wildman–Crippen MR) is 128 cm³/mol. The quantitative estimate of drug-likeness (QED) is 0.540. The number of benzene rings is 2. The first kappa shape index (κ1) is 25.1. The van der Waals surface area contributed by atoms with E-state index in [0.717, 1.165) is 49.9 Å². The molecule has 0 bridgehead atoms. The van der Waals surface area contributed by atoms with Gasteiger partial charge < -0.3 is 4.74 Å². The number of piperazine rings is 1. The number of tetrazole rings is 1. The minimum Gasteiger partial charge on any atom is -0.496 e. The number of para-hydroxylation sites is 1. The SMILES string of the molecule is COc1ccccc1CN1CCN(C(c2ccc(F)cc2)c2nnnn2C(C)(C)C)CC1.Cl. The van der Waals surface area contributed by atoms with Gasteiger partial charge in [0.05, 0.1) is 18.7 Å². The maximum absolute atomic E-state index is 13.6. The smallest absolute Gasteiger partial charge is 0.173 e. The Morgan fingerprint density at radius 2 is 1.67 bits per heavy atom. The third-order valence-electron chi connectivity index (χ3n) is 5.92. The van der Waals surface area contributed by atoms with Gasteiger partial charge in [-0.3, -0.25) is 9.80 Å². The molecule has 7 nitrogen and oxygen atoms in total. The minimum atomic E-state index is -0.261. The molecule has 3 aromatic rings. The topological polar surface area (TPSA) is 59.3 Å². The first-order valence-corrected chi connectivity index (χ1v) is 11.0. The van der Waals surface area contributed by atoms with Gasteiger partial charge >= 0.3 is 0 Å². The van der Waals surface area contributed by atoms with Crippen molar-refractivity contribution in [3.8, 4) is 5.75 Å². The van der Waals surface area contributed by atoms with E-state index in [0.29, 0.717) is 0 Å². The van der Waals surface area contributed by atoms with Crippen LogP contribution in [0.15, 0.2) is 48.5 Å². The second-order valence-electron chi connectivity index (χ2n) is 9.20. The van der Waals surface area contributed by atoms with Crippen LogP contribution in [0.3, 0.4) is 0 Å². The molecule has 1 aliphatic heterocycles. The molecule has 2 heterocycles. The summed E-state index contributed by atoms with van der Waals surface area (Å²) in [5.74, 6) is 1.45. The van der Waals surface area contributed by atoms with E-state index < -0.39 is 0 Å². The van der Waals surface area contributed by atoms with Gasteiger partial charge in [0, 0.05) is 38.3 Å². The maximum atomic E-state index is 13.6. The van der Waals surface area contributed by atoms with E-state index >= 15 is 0 Å². The molecule has 0 N–H and O–H groups in total. The number of hydrogen-bond acceptors (Lipinski definition) is 6. The molecule has 1 saturated heterocycles. The molecular formula is C24H32ClFN6O. The Labute approximate surface area is 200 Å². The molecule has 1 fully saturated rings. The molecule has 0 radical (unpaired) electrons. The van der Waals surface area contributed by atoms with Crippen LogP contribution in [0.5, 0.6) is 5.75 Å². The van der Waals surface area contributed by atoms with Gasteiger partial charge in [0.2, 0.25) is 0 Å². The van der Waals surface area contributed by atoms with Crippen molar-refractivity contribution in [2.45, 2.75) is 38.9 Å². The Morgan fingerprint density at radius 1 is 1.00 bits per heavy atom. The van der Waals surface area contributed by atoms with Gasteiger partial charge in [-0.05, 0) is 55.0 Å². The molecule has 0 saturated carbocycles. The zero-order valence-corrected chi connectivity index (χ0v) is 20.4. The third kappa shape index (κ3) is 5.69. The van der Waals surface area contributed by atoms with E-state index in [-0.39, 0.29) is 29.8 Å². The molecule has 4 rings (SSSR count). The maximum Gasteiger partial charge on any atom is 0.173 e. The monoisotopic (exact) mass is 474 g/mol. The third-order valence-corrected chi connectivity index (χ3v) is 5.92. The average molecular weight is 475 g/mol. The summed E-state index contributed by atoms with van der Waals surface area (Å²) in [4.78, 5) is 4.82. The Hall–Kier alpha value is -2.55. The van der Waals surface area contributed by atoms with Crippen LogP contribution in [0.4, 0.5) is 4.39 Å². The second-order valence-corrected chi connectivity index (χ2v) is 9.20. The Kier molecular flexibility index (Phi) is 8.05. The summed E-state index contributed by atoms with van der Waals surface area (Å²) in [6, 6.07) is 14.7. The highest BCUT2D eigenvalue weighted by molar-refractivity contribution is 5.85. The van der Waals surface area contributed by atoms with E-state index in [4.69, 9.17) is 4.74 Å². The number of nitrogens with zero attached hydrogens (tertiary/aromatic N) is 6. The number of halogens is 2. The summed E-state index contributed by atoms with van der Waals surface area (Å²) in [5, 5.41) is 12.6. The van der Waals surface area contributed by atoms with Crippen molar-refractivity contribution in [2.24, 2.45) is 0 Å². The molecule has 33 heavy (non-hydrogen) atoms. The van der Waals surface area contributed by atoms with Crippen LogP contribution in [-0.2, 0) is 12.1 Å². The first-order chi connectivity index (χ1) is 15.4. The minimum absolute atomic E-state index is 0. The Morgan fingerprint density at radius 3 is 2.30 bits per heavy atom. The molecule has 1 unspecified atom stereocenters. The van der Waals surface area contributed by atoms with Gasteiger partial charge in [-0.15, -0.1) is 17.5 Å². The average Bonchev–Trinajstić information content (AvgIpc) is 3.27. The molecule has 9 heteroatoms. The highest BCUT2D eigenvalue weighted by Crippen LogP contribution is 2.31. The number of hydrogen-bond donors (Lipinski definition) is 0. The largest absolute Gasteiger partial charge is 0.496 e. The van der Waals surface area contributed by atoms with Crippen molar-refractivity contribution in [1.29, 1.82) is 0 Å². The molecule has 1 aromatic heterocycles. The van der Waals surface area contributed by atoms with E-state index in [1.807, 2.05) is 35.0 Å². The summed E-state index contributed by atoms with van der Waals surface area (Å²) >= 11 is 0. The van der Waals surface area contributed by atoms with Crippen molar-refractivity contribution in [2.75, 3.05) is 33.3 Å². The van der Waals surface area contributed by atoms with Gasteiger partial charge in [-0.25, -0.2) is 9.07 Å². The van der Waals surface area contributed by atoms with Gasteiger partial charge in [-0.2, -0.15) is 0 Å². The molecule has 0 aliphatic carbocycles. The van der Waals surface area contributed by atoms with Crippen LogP contribution < -0.4 is 4.74 Å². The molecule has 0 spiro atoms. The fourth-order valence-corrected chi connectivity index (χ4v) is 4.26. The van der Waals surface area contributed by atoms with Crippen molar-refractivity contribution in [1.82, 2.24) is 30.0 Å². The van der Waals surface area contributed by atoms with Crippen molar-refractivity contribution in [3.63, 3.8) is 0 Å². The van der Waals surface area contributed by atoms with Gasteiger partial charge in [0.25, 0.3) is 0 Å². The highest BCUT2D eigenvalue weighted by Gasteiger charge is 2.33. The van der Waals surface area contributed by atoms with Crippen molar-refractivity contribution >= 4 is 12.4 Å². The van der Waals surface area contributed by atoms with Crippen LogP contribution in [-0.4, -0.2) is 63.3 Å². The zero-order valence-electron chi connectivity index (χ0n) is 19.6. The van der Waals surface area contributed by atoms with Gasteiger partial charge in [-0.1, -0.05) is 30.3 Å². The van der Waals surface area contributed by atoms with Gasteiger partial charge in [0.15, 0.2) is 5.82 Å². The van der Waals surface area contributed by atoms with Crippen LogP contribution in [0.2, 0.25) is 0 Å². The highest BCUT2D eigenvalue weighted by atomic mass is 35.5. The lowest BCUT2D eigenvalue weighted by Crippen LogP contribution is -2.48. The van der Waals surface area contributed by atoms with E-state index in [2.05, 4.69) is 52.2 Å². The summed E-state index contributed by atoms with van der Waals surface area (Å²) in [5.41, 5.74) is 1.92. The standard InChI is InChI=1S/C24H31FN6O.ClH/c1-24(2,3)31-23(26-27-28-31)22(18-9-11-20(25)12-10-18)30-15-13-29(14-16-30)17-19-7-5-6-8-21(19)32-4;/h5-12,22H,13-17H2,1-4H3;1H. The molecule has 0 amide bonds. The molecule has 1 aliphatic rings. The normalized spacial score (nSPS) is 16.3. The molecule has 178 valence electrons.